The van der Waals surface area contributed by atoms with Crippen molar-refractivity contribution in [3.63, 3.8) is 0 Å². The van der Waals surface area contributed by atoms with Crippen LogP contribution in [0, 0.1) is 0 Å². The third-order valence-corrected chi connectivity index (χ3v) is 5.02. The Labute approximate surface area is 127 Å². The summed E-state index contributed by atoms with van der Waals surface area (Å²) in [5.74, 6) is 0.782. The molecule has 0 aliphatic carbocycles. The largest absolute Gasteiger partial charge is 0.493 e. The molecule has 0 spiro atoms. The van der Waals surface area contributed by atoms with Crippen LogP contribution in [0.2, 0.25) is 0 Å². The Morgan fingerprint density at radius 1 is 1.20 bits per heavy atom. The summed E-state index contributed by atoms with van der Waals surface area (Å²) in [6.07, 6.45) is 1.12. The minimum atomic E-state index is -3.64. The fourth-order valence-corrected chi connectivity index (χ4v) is 3.67. The second kappa shape index (κ2) is 7.82. The molecule has 1 aromatic rings. The van der Waals surface area contributed by atoms with Crippen LogP contribution in [0.1, 0.15) is 12.8 Å². The maximum Gasteiger partial charge on any atom is 0.241 e. The van der Waals surface area contributed by atoms with Crippen molar-refractivity contribution < 1.29 is 23.0 Å². The molecule has 0 amide bonds. The molecule has 0 atom stereocenters. The monoisotopic (exact) mass is 367 g/mol. The number of unbranched alkanes of at least 4 members (excludes halogenated alkanes) is 1. The maximum absolute atomic E-state index is 12.2. The molecule has 0 heterocycles. The highest BCUT2D eigenvalue weighted by molar-refractivity contribution is 9.10. The molecule has 0 aliphatic heterocycles. The minimum Gasteiger partial charge on any atom is -0.493 e. The Balaban J connectivity index is 2.99. The van der Waals surface area contributed by atoms with Crippen LogP contribution in [0.15, 0.2) is 21.5 Å². The third kappa shape index (κ3) is 4.34. The van der Waals surface area contributed by atoms with Crippen LogP contribution in [-0.2, 0) is 10.0 Å². The lowest BCUT2D eigenvalue weighted by Crippen LogP contribution is -2.25. The van der Waals surface area contributed by atoms with Crippen molar-refractivity contribution in [3.8, 4) is 11.5 Å². The van der Waals surface area contributed by atoms with E-state index in [1.807, 2.05) is 0 Å². The first-order chi connectivity index (χ1) is 9.46. The molecule has 2 N–H and O–H groups in total. The predicted octanol–water partition coefficient (Wildman–Crippen LogP) is 1.52. The summed E-state index contributed by atoms with van der Waals surface area (Å²) in [4.78, 5) is 0.0825. The van der Waals surface area contributed by atoms with E-state index in [1.165, 1.54) is 20.3 Å². The Bertz CT molecular complexity index is 547. The van der Waals surface area contributed by atoms with Gasteiger partial charge in [0.2, 0.25) is 10.0 Å². The molecule has 8 heteroatoms. The Morgan fingerprint density at radius 3 is 2.35 bits per heavy atom. The van der Waals surface area contributed by atoms with Crippen LogP contribution in [0.25, 0.3) is 0 Å². The van der Waals surface area contributed by atoms with Gasteiger partial charge in [0.1, 0.15) is 4.90 Å². The quantitative estimate of drug-likeness (QED) is 0.680. The number of aliphatic hydroxyl groups excluding tert-OH is 1. The molecule has 0 unspecified atom stereocenters. The van der Waals surface area contributed by atoms with Gasteiger partial charge in [-0.25, -0.2) is 13.1 Å². The van der Waals surface area contributed by atoms with Crippen molar-refractivity contribution in [1.82, 2.24) is 4.72 Å². The molecule has 6 nitrogen and oxygen atoms in total. The average molecular weight is 368 g/mol. The van der Waals surface area contributed by atoms with Crippen LogP contribution >= 0.6 is 15.9 Å². The van der Waals surface area contributed by atoms with Crippen molar-refractivity contribution in [3.05, 3.63) is 16.6 Å². The van der Waals surface area contributed by atoms with Crippen LogP contribution < -0.4 is 14.2 Å². The van der Waals surface area contributed by atoms with E-state index in [2.05, 4.69) is 20.7 Å². The number of benzene rings is 1. The molecule has 0 saturated carbocycles. The number of hydrogen-bond donors (Lipinski definition) is 2. The Hall–Kier alpha value is -0.830. The maximum atomic E-state index is 12.2. The lowest BCUT2D eigenvalue weighted by atomic mass is 10.3. The van der Waals surface area contributed by atoms with E-state index in [-0.39, 0.29) is 18.0 Å². The van der Waals surface area contributed by atoms with Crippen LogP contribution in [-0.4, -0.2) is 40.9 Å². The van der Waals surface area contributed by atoms with Gasteiger partial charge in [-0.1, -0.05) is 0 Å². The topological polar surface area (TPSA) is 84.9 Å². The number of ether oxygens (including phenoxy) is 2. The summed E-state index contributed by atoms with van der Waals surface area (Å²) in [5.41, 5.74) is 0. The third-order valence-electron chi connectivity index (χ3n) is 2.60. The van der Waals surface area contributed by atoms with Crippen molar-refractivity contribution in [2.75, 3.05) is 27.4 Å². The summed E-state index contributed by atoms with van der Waals surface area (Å²) in [6, 6.07) is 2.94. The number of halogens is 1. The highest BCUT2D eigenvalue weighted by Crippen LogP contribution is 2.35. The molecule has 1 rings (SSSR count). The molecule has 114 valence electrons. The molecule has 0 bridgehead atoms. The van der Waals surface area contributed by atoms with E-state index in [0.717, 1.165) is 0 Å². The molecule has 0 saturated heterocycles. The first kappa shape index (κ1) is 17.2. The standard InChI is InChI=1S/C12H18BrNO5S/c1-18-10-7-9(13)12(8-11(10)19-2)20(16,17)14-5-3-4-6-15/h7-8,14-15H,3-6H2,1-2H3. The van der Waals surface area contributed by atoms with Crippen LogP contribution in [0.4, 0.5) is 0 Å². The van der Waals surface area contributed by atoms with Gasteiger partial charge in [0.05, 0.1) is 14.2 Å². The van der Waals surface area contributed by atoms with Crippen molar-refractivity contribution >= 4 is 26.0 Å². The van der Waals surface area contributed by atoms with Gasteiger partial charge < -0.3 is 14.6 Å². The molecule has 20 heavy (non-hydrogen) atoms. The zero-order chi connectivity index (χ0) is 15.2. The molecule has 0 radical (unpaired) electrons. The summed E-state index contributed by atoms with van der Waals surface area (Å²) in [6.45, 7) is 0.311. The van der Waals surface area contributed by atoms with Crippen LogP contribution in [0.3, 0.4) is 0 Å². The zero-order valence-corrected chi connectivity index (χ0v) is 13.8. The van der Waals surface area contributed by atoms with Crippen molar-refractivity contribution in [2.24, 2.45) is 0 Å². The highest BCUT2D eigenvalue weighted by Gasteiger charge is 2.20. The predicted molar refractivity (Wildman–Crippen MR) is 78.8 cm³/mol. The SMILES string of the molecule is COc1cc(Br)c(S(=O)(=O)NCCCCO)cc1OC. The fraction of sp³-hybridized carbons (Fsp3) is 0.500. The number of nitrogens with one attached hydrogen (secondary N) is 1. The summed E-state index contributed by atoms with van der Waals surface area (Å²) in [7, 11) is -0.724. The van der Waals surface area contributed by atoms with Crippen molar-refractivity contribution in [2.45, 2.75) is 17.7 Å². The minimum absolute atomic E-state index is 0.0434. The lowest BCUT2D eigenvalue weighted by molar-refractivity contribution is 0.285. The Kier molecular flexibility index (Phi) is 6.74. The first-order valence-corrected chi connectivity index (χ1v) is 8.26. The van der Waals surface area contributed by atoms with E-state index >= 15 is 0 Å². The van der Waals surface area contributed by atoms with Gasteiger partial charge in [0.25, 0.3) is 0 Å². The van der Waals surface area contributed by atoms with E-state index in [9.17, 15) is 8.42 Å². The normalized spacial score (nSPS) is 11.4. The lowest BCUT2D eigenvalue weighted by Gasteiger charge is -2.13. The number of methoxy groups -OCH3 is 2. The number of sulfonamides is 1. The number of rotatable bonds is 8. The number of aliphatic hydroxyl groups is 1. The second-order valence-electron chi connectivity index (χ2n) is 3.97. The molecule has 0 aliphatic rings. The van der Waals surface area contributed by atoms with Gasteiger partial charge >= 0.3 is 0 Å². The van der Waals surface area contributed by atoms with Gasteiger partial charge in [-0.2, -0.15) is 0 Å². The molecular formula is C12H18BrNO5S. The summed E-state index contributed by atoms with van der Waals surface area (Å²) >= 11 is 3.22. The van der Waals surface area contributed by atoms with E-state index in [0.29, 0.717) is 28.8 Å². The van der Waals surface area contributed by atoms with Gasteiger partial charge in [0, 0.05) is 23.7 Å². The van der Waals surface area contributed by atoms with E-state index in [4.69, 9.17) is 14.6 Å². The zero-order valence-electron chi connectivity index (χ0n) is 11.3. The fourth-order valence-electron chi connectivity index (χ4n) is 1.56. The first-order valence-electron chi connectivity index (χ1n) is 5.98. The smallest absolute Gasteiger partial charge is 0.241 e. The summed E-state index contributed by atoms with van der Waals surface area (Å²) < 4.78 is 37.4. The average Bonchev–Trinajstić information content (AvgIpc) is 2.43. The van der Waals surface area contributed by atoms with E-state index in [1.54, 1.807) is 6.07 Å². The van der Waals surface area contributed by atoms with Crippen molar-refractivity contribution in [1.29, 1.82) is 0 Å². The van der Waals surface area contributed by atoms with Gasteiger partial charge in [0.15, 0.2) is 11.5 Å². The van der Waals surface area contributed by atoms with Crippen LogP contribution in [0.5, 0.6) is 11.5 Å². The Morgan fingerprint density at radius 2 is 1.80 bits per heavy atom. The molecular weight excluding hydrogens is 350 g/mol. The van der Waals surface area contributed by atoms with Gasteiger partial charge in [-0.05, 0) is 34.8 Å². The van der Waals surface area contributed by atoms with Gasteiger partial charge in [-0.3, -0.25) is 0 Å². The van der Waals surface area contributed by atoms with Gasteiger partial charge in [-0.15, -0.1) is 0 Å². The number of hydrogen-bond acceptors (Lipinski definition) is 5. The highest BCUT2D eigenvalue weighted by atomic mass is 79.9. The molecule has 0 fully saturated rings. The second-order valence-corrected chi connectivity index (χ2v) is 6.56. The molecule has 0 aromatic heterocycles. The molecule has 1 aromatic carbocycles. The van der Waals surface area contributed by atoms with E-state index < -0.39 is 10.0 Å². The summed E-state index contributed by atoms with van der Waals surface area (Å²) in [5, 5.41) is 8.67.